The SMILES string of the molecule is CCCC(O)CCOCCC(C)C. The smallest absolute Gasteiger partial charge is 0.0562 e. The molecular weight excluding hydrogens is 164 g/mol. The van der Waals surface area contributed by atoms with E-state index in [1.54, 1.807) is 0 Å². The molecule has 0 saturated heterocycles. The Balaban J connectivity index is 3.06. The van der Waals surface area contributed by atoms with Crippen molar-refractivity contribution in [1.82, 2.24) is 0 Å². The van der Waals surface area contributed by atoms with Crippen LogP contribution in [0.15, 0.2) is 0 Å². The zero-order chi connectivity index (χ0) is 10.1. The van der Waals surface area contributed by atoms with Crippen LogP contribution in [0.3, 0.4) is 0 Å². The molecule has 80 valence electrons. The molecule has 2 nitrogen and oxygen atoms in total. The quantitative estimate of drug-likeness (QED) is 0.593. The summed E-state index contributed by atoms with van der Waals surface area (Å²) in [5.41, 5.74) is 0. The van der Waals surface area contributed by atoms with Crippen LogP contribution in [0.25, 0.3) is 0 Å². The van der Waals surface area contributed by atoms with E-state index >= 15 is 0 Å². The molecule has 0 aliphatic heterocycles. The fourth-order valence-corrected chi connectivity index (χ4v) is 1.12. The number of ether oxygens (including phenoxy) is 1. The molecule has 0 spiro atoms. The van der Waals surface area contributed by atoms with Gasteiger partial charge in [0.05, 0.1) is 6.10 Å². The van der Waals surface area contributed by atoms with Gasteiger partial charge in [-0.2, -0.15) is 0 Å². The van der Waals surface area contributed by atoms with Gasteiger partial charge in [-0.05, 0) is 25.2 Å². The topological polar surface area (TPSA) is 29.5 Å². The molecule has 0 aliphatic carbocycles. The summed E-state index contributed by atoms with van der Waals surface area (Å²) >= 11 is 0. The fraction of sp³-hybridized carbons (Fsp3) is 1.00. The predicted molar refractivity (Wildman–Crippen MR) is 55.8 cm³/mol. The van der Waals surface area contributed by atoms with E-state index in [4.69, 9.17) is 4.74 Å². The molecule has 0 heterocycles. The number of aliphatic hydroxyl groups excluding tert-OH is 1. The molecule has 0 bridgehead atoms. The first-order valence-electron chi connectivity index (χ1n) is 5.42. The van der Waals surface area contributed by atoms with Crippen LogP contribution in [-0.2, 0) is 4.74 Å². The first-order valence-corrected chi connectivity index (χ1v) is 5.42. The lowest BCUT2D eigenvalue weighted by Crippen LogP contribution is -2.10. The Morgan fingerprint density at radius 1 is 1.08 bits per heavy atom. The van der Waals surface area contributed by atoms with Crippen molar-refractivity contribution in [1.29, 1.82) is 0 Å². The van der Waals surface area contributed by atoms with E-state index in [9.17, 15) is 5.11 Å². The highest BCUT2D eigenvalue weighted by molar-refractivity contribution is 4.53. The lowest BCUT2D eigenvalue weighted by atomic mass is 10.1. The molecule has 0 aromatic carbocycles. The third-order valence-electron chi connectivity index (χ3n) is 2.06. The predicted octanol–water partition coefficient (Wildman–Crippen LogP) is 2.60. The number of hydrogen-bond donors (Lipinski definition) is 1. The summed E-state index contributed by atoms with van der Waals surface area (Å²) in [6.45, 7) is 8.00. The van der Waals surface area contributed by atoms with Crippen molar-refractivity contribution in [2.24, 2.45) is 5.92 Å². The molecule has 2 heteroatoms. The highest BCUT2D eigenvalue weighted by Gasteiger charge is 2.01. The van der Waals surface area contributed by atoms with Crippen LogP contribution in [0.1, 0.15) is 46.5 Å². The minimum Gasteiger partial charge on any atom is -0.393 e. The highest BCUT2D eigenvalue weighted by Crippen LogP contribution is 2.03. The van der Waals surface area contributed by atoms with Crippen molar-refractivity contribution in [2.75, 3.05) is 13.2 Å². The number of hydrogen-bond acceptors (Lipinski definition) is 2. The molecule has 0 amide bonds. The maximum Gasteiger partial charge on any atom is 0.0562 e. The van der Waals surface area contributed by atoms with Gasteiger partial charge < -0.3 is 9.84 Å². The second-order valence-electron chi connectivity index (χ2n) is 4.03. The maximum atomic E-state index is 9.38. The van der Waals surface area contributed by atoms with Crippen molar-refractivity contribution < 1.29 is 9.84 Å². The van der Waals surface area contributed by atoms with Gasteiger partial charge in [0.2, 0.25) is 0 Å². The first kappa shape index (κ1) is 12.9. The Kier molecular flexibility index (Phi) is 8.46. The third-order valence-corrected chi connectivity index (χ3v) is 2.06. The fourth-order valence-electron chi connectivity index (χ4n) is 1.12. The average molecular weight is 188 g/mol. The van der Waals surface area contributed by atoms with Gasteiger partial charge in [0.25, 0.3) is 0 Å². The average Bonchev–Trinajstić information content (AvgIpc) is 2.03. The summed E-state index contributed by atoms with van der Waals surface area (Å²) in [6.07, 6.45) is 3.68. The van der Waals surface area contributed by atoms with Crippen molar-refractivity contribution in [3.63, 3.8) is 0 Å². The van der Waals surface area contributed by atoms with Crippen molar-refractivity contribution in [2.45, 2.75) is 52.6 Å². The summed E-state index contributed by atoms with van der Waals surface area (Å²) in [5, 5.41) is 9.38. The zero-order valence-electron chi connectivity index (χ0n) is 9.25. The van der Waals surface area contributed by atoms with Crippen molar-refractivity contribution in [3.8, 4) is 0 Å². The molecule has 0 radical (unpaired) electrons. The Morgan fingerprint density at radius 3 is 2.23 bits per heavy atom. The summed E-state index contributed by atoms with van der Waals surface area (Å²) in [4.78, 5) is 0. The number of aliphatic hydroxyl groups is 1. The van der Waals surface area contributed by atoms with E-state index in [-0.39, 0.29) is 6.10 Å². The van der Waals surface area contributed by atoms with Crippen LogP contribution in [0.5, 0.6) is 0 Å². The van der Waals surface area contributed by atoms with Gasteiger partial charge >= 0.3 is 0 Å². The van der Waals surface area contributed by atoms with Gasteiger partial charge in [0.1, 0.15) is 0 Å². The van der Waals surface area contributed by atoms with E-state index in [0.717, 1.165) is 32.3 Å². The summed E-state index contributed by atoms with van der Waals surface area (Å²) in [7, 11) is 0. The second kappa shape index (κ2) is 8.52. The molecule has 1 unspecified atom stereocenters. The molecular formula is C11H24O2. The van der Waals surface area contributed by atoms with Crippen LogP contribution < -0.4 is 0 Å². The minimum absolute atomic E-state index is 0.163. The molecule has 0 aromatic heterocycles. The molecule has 1 atom stereocenters. The first-order chi connectivity index (χ1) is 6.16. The molecule has 0 rings (SSSR count). The standard InChI is InChI=1S/C11H24O2/c1-4-5-11(12)7-9-13-8-6-10(2)3/h10-12H,4-9H2,1-3H3. The van der Waals surface area contributed by atoms with Gasteiger partial charge in [-0.3, -0.25) is 0 Å². The Labute approximate surface area is 82.3 Å². The summed E-state index contributed by atoms with van der Waals surface area (Å²) < 4.78 is 5.40. The molecule has 0 fully saturated rings. The Morgan fingerprint density at radius 2 is 1.69 bits per heavy atom. The maximum absolute atomic E-state index is 9.38. The molecule has 0 aliphatic rings. The monoisotopic (exact) mass is 188 g/mol. The van der Waals surface area contributed by atoms with Gasteiger partial charge in [0, 0.05) is 13.2 Å². The highest BCUT2D eigenvalue weighted by atomic mass is 16.5. The third kappa shape index (κ3) is 9.84. The molecule has 0 aromatic rings. The van der Waals surface area contributed by atoms with Crippen LogP contribution in [-0.4, -0.2) is 24.4 Å². The normalized spacial score (nSPS) is 13.6. The second-order valence-corrected chi connectivity index (χ2v) is 4.03. The molecule has 0 saturated carbocycles. The minimum atomic E-state index is -0.163. The van der Waals surface area contributed by atoms with E-state index < -0.39 is 0 Å². The summed E-state index contributed by atoms with van der Waals surface area (Å²) in [6, 6.07) is 0. The Hall–Kier alpha value is -0.0800. The van der Waals surface area contributed by atoms with E-state index in [0.29, 0.717) is 12.5 Å². The van der Waals surface area contributed by atoms with E-state index in [1.807, 2.05) is 0 Å². The summed E-state index contributed by atoms with van der Waals surface area (Å²) in [5.74, 6) is 0.709. The van der Waals surface area contributed by atoms with Gasteiger partial charge in [-0.1, -0.05) is 27.2 Å². The molecule has 1 N–H and O–H groups in total. The number of rotatable bonds is 8. The zero-order valence-corrected chi connectivity index (χ0v) is 9.25. The van der Waals surface area contributed by atoms with Crippen LogP contribution >= 0.6 is 0 Å². The largest absolute Gasteiger partial charge is 0.393 e. The van der Waals surface area contributed by atoms with Gasteiger partial charge in [-0.15, -0.1) is 0 Å². The van der Waals surface area contributed by atoms with Crippen LogP contribution in [0, 0.1) is 5.92 Å². The molecule has 13 heavy (non-hydrogen) atoms. The van der Waals surface area contributed by atoms with E-state index in [2.05, 4.69) is 20.8 Å². The Bertz CT molecular complexity index is 102. The van der Waals surface area contributed by atoms with Crippen LogP contribution in [0.4, 0.5) is 0 Å². The van der Waals surface area contributed by atoms with E-state index in [1.165, 1.54) is 0 Å². The van der Waals surface area contributed by atoms with Crippen molar-refractivity contribution >= 4 is 0 Å². The van der Waals surface area contributed by atoms with Crippen molar-refractivity contribution in [3.05, 3.63) is 0 Å². The lowest BCUT2D eigenvalue weighted by Gasteiger charge is -2.10. The van der Waals surface area contributed by atoms with Gasteiger partial charge in [0.15, 0.2) is 0 Å². The van der Waals surface area contributed by atoms with Gasteiger partial charge in [-0.25, -0.2) is 0 Å². The lowest BCUT2D eigenvalue weighted by molar-refractivity contribution is 0.0730. The van der Waals surface area contributed by atoms with Crippen LogP contribution in [0.2, 0.25) is 0 Å².